The van der Waals surface area contributed by atoms with Crippen LogP contribution in [0.4, 0.5) is 13.2 Å². The Hall–Kier alpha value is -1.30. The number of nitrogens with zero attached hydrogens (tertiary/aromatic N) is 1. The van der Waals surface area contributed by atoms with Crippen LogP contribution in [0.1, 0.15) is 5.56 Å². The Morgan fingerprint density at radius 3 is 2.43 bits per heavy atom. The number of aromatic nitrogens is 1. The molecular weight excluding hydrogens is 199 g/mol. The molecule has 0 amide bonds. The van der Waals surface area contributed by atoms with Crippen molar-refractivity contribution >= 4 is 0 Å². The minimum absolute atomic E-state index is 0.326. The van der Waals surface area contributed by atoms with Crippen LogP contribution < -0.4 is 4.74 Å². The Labute approximate surface area is 78.2 Å². The molecule has 0 saturated carbocycles. The summed E-state index contributed by atoms with van der Waals surface area (Å²) in [5.41, 5.74) is -0.558. The van der Waals surface area contributed by atoms with Gasteiger partial charge in [0.1, 0.15) is 0 Å². The van der Waals surface area contributed by atoms with Gasteiger partial charge in [0.15, 0.2) is 11.6 Å². The molecule has 0 aliphatic rings. The molecule has 1 aromatic heterocycles. The molecule has 3 nitrogen and oxygen atoms in total. The van der Waals surface area contributed by atoms with Gasteiger partial charge in [0.05, 0.1) is 7.11 Å². The number of methoxy groups -OCH3 is 1. The summed E-state index contributed by atoms with van der Waals surface area (Å²) in [6, 6.07) is 0. The number of ether oxygens (including phenoxy) is 1. The van der Waals surface area contributed by atoms with Crippen molar-refractivity contribution in [3.05, 3.63) is 23.1 Å². The molecule has 0 fully saturated rings. The summed E-state index contributed by atoms with van der Waals surface area (Å²) in [4.78, 5) is 2.91. The third-order valence-electron chi connectivity index (χ3n) is 1.65. The quantitative estimate of drug-likeness (QED) is 0.753. The third kappa shape index (κ3) is 1.79. The van der Waals surface area contributed by atoms with E-state index in [0.29, 0.717) is 0 Å². The molecule has 0 aliphatic carbocycles. The highest BCUT2D eigenvalue weighted by atomic mass is 19.2. The van der Waals surface area contributed by atoms with Gasteiger partial charge in [-0.2, -0.15) is 9.37 Å². The Morgan fingerprint density at radius 2 is 1.93 bits per heavy atom. The SMILES string of the molecule is COc1nc(F)c(F)c(CCO)c1F. The zero-order valence-electron chi connectivity index (χ0n) is 7.35. The standard InChI is InChI=1S/C8H8F3NO2/c1-14-8-6(10)4(2-3-13)5(9)7(11)12-8/h13H,2-3H2,1H3. The predicted molar refractivity (Wildman–Crippen MR) is 41.5 cm³/mol. The van der Waals surface area contributed by atoms with Crippen LogP contribution in [-0.4, -0.2) is 23.8 Å². The first kappa shape index (κ1) is 10.8. The van der Waals surface area contributed by atoms with E-state index in [1.807, 2.05) is 0 Å². The van der Waals surface area contributed by atoms with Crippen LogP contribution in [0.15, 0.2) is 0 Å². The Bertz CT molecular complexity index is 344. The lowest BCUT2D eigenvalue weighted by Crippen LogP contribution is -2.07. The molecule has 78 valence electrons. The van der Waals surface area contributed by atoms with Crippen molar-refractivity contribution in [3.63, 3.8) is 0 Å². The van der Waals surface area contributed by atoms with Crippen LogP contribution in [0.3, 0.4) is 0 Å². The average molecular weight is 207 g/mol. The largest absolute Gasteiger partial charge is 0.479 e. The fourth-order valence-electron chi connectivity index (χ4n) is 1.00. The van der Waals surface area contributed by atoms with Crippen molar-refractivity contribution in [2.24, 2.45) is 0 Å². The average Bonchev–Trinajstić information content (AvgIpc) is 2.18. The molecule has 1 rings (SSSR count). The van der Waals surface area contributed by atoms with Gasteiger partial charge < -0.3 is 9.84 Å². The molecule has 1 N–H and O–H groups in total. The minimum atomic E-state index is -1.44. The fraction of sp³-hybridized carbons (Fsp3) is 0.375. The Morgan fingerprint density at radius 1 is 1.29 bits per heavy atom. The van der Waals surface area contributed by atoms with Gasteiger partial charge in [0, 0.05) is 18.6 Å². The van der Waals surface area contributed by atoms with Crippen LogP contribution >= 0.6 is 0 Å². The number of hydrogen-bond acceptors (Lipinski definition) is 3. The summed E-state index contributed by atoms with van der Waals surface area (Å²) >= 11 is 0. The summed E-state index contributed by atoms with van der Waals surface area (Å²) < 4.78 is 43.2. The first-order valence-corrected chi connectivity index (χ1v) is 3.80. The number of pyridine rings is 1. The zero-order chi connectivity index (χ0) is 10.7. The molecule has 0 radical (unpaired) electrons. The highest BCUT2D eigenvalue weighted by molar-refractivity contribution is 5.26. The van der Waals surface area contributed by atoms with Crippen LogP contribution in [0.25, 0.3) is 0 Å². The van der Waals surface area contributed by atoms with E-state index < -0.39 is 35.6 Å². The smallest absolute Gasteiger partial charge is 0.253 e. The first-order chi connectivity index (χ1) is 6.61. The number of aliphatic hydroxyl groups is 1. The fourth-order valence-corrected chi connectivity index (χ4v) is 1.00. The lowest BCUT2D eigenvalue weighted by Gasteiger charge is -2.07. The Kier molecular flexibility index (Phi) is 3.29. The highest BCUT2D eigenvalue weighted by Gasteiger charge is 2.20. The highest BCUT2D eigenvalue weighted by Crippen LogP contribution is 2.22. The second-order valence-corrected chi connectivity index (χ2v) is 2.49. The summed E-state index contributed by atoms with van der Waals surface area (Å²) in [5, 5.41) is 8.51. The normalized spacial score (nSPS) is 10.4. The van der Waals surface area contributed by atoms with Crippen LogP contribution in [-0.2, 0) is 6.42 Å². The molecule has 0 aliphatic heterocycles. The lowest BCUT2D eigenvalue weighted by molar-refractivity contribution is 0.289. The number of rotatable bonds is 3. The first-order valence-electron chi connectivity index (χ1n) is 3.80. The molecule has 1 aromatic rings. The van der Waals surface area contributed by atoms with Crippen molar-refractivity contribution in [2.45, 2.75) is 6.42 Å². The van der Waals surface area contributed by atoms with E-state index in [2.05, 4.69) is 9.72 Å². The van der Waals surface area contributed by atoms with Gasteiger partial charge in [-0.25, -0.2) is 8.78 Å². The molecule has 0 spiro atoms. The van der Waals surface area contributed by atoms with Gasteiger partial charge >= 0.3 is 0 Å². The molecule has 0 saturated heterocycles. The van der Waals surface area contributed by atoms with E-state index in [1.165, 1.54) is 0 Å². The van der Waals surface area contributed by atoms with Crippen molar-refractivity contribution in [1.29, 1.82) is 0 Å². The van der Waals surface area contributed by atoms with Crippen LogP contribution in [0.2, 0.25) is 0 Å². The molecule has 14 heavy (non-hydrogen) atoms. The van der Waals surface area contributed by atoms with Crippen molar-refractivity contribution < 1.29 is 23.0 Å². The molecule has 1 heterocycles. The molecule has 6 heteroatoms. The van der Waals surface area contributed by atoms with E-state index in [9.17, 15) is 13.2 Å². The number of halogens is 3. The van der Waals surface area contributed by atoms with Gasteiger partial charge in [-0.15, -0.1) is 0 Å². The Balaban J connectivity index is 3.29. The summed E-state index contributed by atoms with van der Waals surface area (Å²) in [6.45, 7) is -0.486. The topological polar surface area (TPSA) is 42.4 Å². The van der Waals surface area contributed by atoms with Crippen molar-refractivity contribution in [1.82, 2.24) is 4.98 Å². The zero-order valence-corrected chi connectivity index (χ0v) is 7.35. The maximum atomic E-state index is 13.2. The monoisotopic (exact) mass is 207 g/mol. The molecule has 0 bridgehead atoms. The number of aliphatic hydroxyl groups excluding tert-OH is 1. The van der Waals surface area contributed by atoms with E-state index in [-0.39, 0.29) is 6.42 Å². The lowest BCUT2D eigenvalue weighted by atomic mass is 10.2. The summed E-state index contributed by atoms with van der Waals surface area (Å²) in [6.07, 6.45) is -0.326. The minimum Gasteiger partial charge on any atom is -0.479 e. The van der Waals surface area contributed by atoms with Gasteiger partial charge in [0.25, 0.3) is 11.8 Å². The summed E-state index contributed by atoms with van der Waals surface area (Å²) in [7, 11) is 1.09. The van der Waals surface area contributed by atoms with Gasteiger partial charge in [-0.1, -0.05) is 0 Å². The van der Waals surface area contributed by atoms with Crippen LogP contribution in [0.5, 0.6) is 5.88 Å². The van der Waals surface area contributed by atoms with Gasteiger partial charge in [-0.05, 0) is 0 Å². The van der Waals surface area contributed by atoms with Crippen molar-refractivity contribution in [2.75, 3.05) is 13.7 Å². The molecule has 0 aromatic carbocycles. The van der Waals surface area contributed by atoms with E-state index in [0.717, 1.165) is 7.11 Å². The van der Waals surface area contributed by atoms with Crippen LogP contribution in [0, 0.1) is 17.6 Å². The van der Waals surface area contributed by atoms with E-state index >= 15 is 0 Å². The van der Waals surface area contributed by atoms with Crippen molar-refractivity contribution in [3.8, 4) is 5.88 Å². The van der Waals surface area contributed by atoms with E-state index in [4.69, 9.17) is 5.11 Å². The maximum absolute atomic E-state index is 13.2. The van der Waals surface area contributed by atoms with Gasteiger partial charge in [-0.3, -0.25) is 0 Å². The second kappa shape index (κ2) is 4.28. The third-order valence-corrected chi connectivity index (χ3v) is 1.65. The van der Waals surface area contributed by atoms with E-state index in [1.54, 1.807) is 0 Å². The van der Waals surface area contributed by atoms with Gasteiger partial charge in [0.2, 0.25) is 0 Å². The summed E-state index contributed by atoms with van der Waals surface area (Å²) in [5.74, 6) is -4.53. The molecule has 0 unspecified atom stereocenters. The molecular formula is C8H8F3NO2. The second-order valence-electron chi connectivity index (χ2n) is 2.49. The predicted octanol–water partition coefficient (Wildman–Crippen LogP) is 1.04. The number of hydrogen-bond donors (Lipinski definition) is 1. The maximum Gasteiger partial charge on any atom is 0.253 e. The molecule has 0 atom stereocenters.